The van der Waals surface area contributed by atoms with Crippen LogP contribution in [0.25, 0.3) is 0 Å². The van der Waals surface area contributed by atoms with Crippen LogP contribution in [0.4, 0.5) is 0 Å². The number of para-hydroxylation sites is 2. The van der Waals surface area contributed by atoms with Gasteiger partial charge >= 0.3 is 5.97 Å². The van der Waals surface area contributed by atoms with Gasteiger partial charge in [0.25, 0.3) is 0 Å². The Morgan fingerprint density at radius 2 is 1.38 bits per heavy atom. The standard InChI is InChI=1S/C21H25NO4/c22-16-21(19(23)24)15-20(21,11-13-25-17-7-3-1-4-8-17)12-14-26-18-9-5-2-6-10-18/h1-10H,11-16,22H2,(H,23,24). The normalized spacial score (nSPS) is 20.3. The van der Waals surface area contributed by atoms with Gasteiger partial charge in [-0.1, -0.05) is 36.4 Å². The quantitative estimate of drug-likeness (QED) is 0.683. The lowest BCUT2D eigenvalue weighted by Crippen LogP contribution is -2.33. The molecule has 1 saturated carbocycles. The number of nitrogens with two attached hydrogens (primary N) is 1. The molecule has 0 aromatic heterocycles. The van der Waals surface area contributed by atoms with Crippen LogP contribution in [-0.4, -0.2) is 30.8 Å². The molecule has 0 spiro atoms. The first-order chi connectivity index (χ1) is 12.6. The number of carboxylic acid groups (broad SMARTS) is 1. The molecule has 5 heteroatoms. The van der Waals surface area contributed by atoms with Crippen LogP contribution in [0, 0.1) is 10.8 Å². The van der Waals surface area contributed by atoms with E-state index in [1.807, 2.05) is 60.7 Å². The fourth-order valence-electron chi connectivity index (χ4n) is 3.75. The molecule has 2 aromatic carbocycles. The number of ether oxygens (including phenoxy) is 2. The average molecular weight is 355 g/mol. The van der Waals surface area contributed by atoms with E-state index >= 15 is 0 Å². The maximum Gasteiger partial charge on any atom is 0.311 e. The van der Waals surface area contributed by atoms with E-state index in [2.05, 4.69) is 0 Å². The van der Waals surface area contributed by atoms with Crippen LogP contribution in [0.1, 0.15) is 19.3 Å². The predicted octanol–water partition coefficient (Wildman–Crippen LogP) is 3.34. The third kappa shape index (κ3) is 3.68. The molecule has 0 heterocycles. The lowest BCUT2D eigenvalue weighted by Gasteiger charge is -2.22. The number of benzene rings is 2. The van der Waals surface area contributed by atoms with Crippen molar-refractivity contribution in [2.75, 3.05) is 19.8 Å². The fourth-order valence-corrected chi connectivity index (χ4v) is 3.75. The Kier molecular flexibility index (Phi) is 5.47. The lowest BCUT2D eigenvalue weighted by molar-refractivity contribution is -0.144. The first-order valence-corrected chi connectivity index (χ1v) is 8.91. The zero-order valence-electron chi connectivity index (χ0n) is 14.8. The SMILES string of the molecule is NCC1(C(=O)O)CC1(CCOc1ccccc1)CCOc1ccccc1. The predicted molar refractivity (Wildman–Crippen MR) is 99.3 cm³/mol. The van der Waals surface area contributed by atoms with Gasteiger partial charge in [0.05, 0.1) is 18.6 Å². The minimum absolute atomic E-state index is 0.138. The molecule has 0 radical (unpaired) electrons. The molecule has 2 aromatic rings. The van der Waals surface area contributed by atoms with Crippen molar-refractivity contribution in [1.82, 2.24) is 0 Å². The highest BCUT2D eigenvalue weighted by molar-refractivity contribution is 5.80. The van der Waals surface area contributed by atoms with Crippen molar-refractivity contribution in [2.45, 2.75) is 19.3 Å². The van der Waals surface area contributed by atoms with Gasteiger partial charge in [-0.2, -0.15) is 0 Å². The second-order valence-electron chi connectivity index (χ2n) is 6.87. The van der Waals surface area contributed by atoms with Gasteiger partial charge in [0, 0.05) is 6.54 Å². The van der Waals surface area contributed by atoms with Gasteiger partial charge in [0.2, 0.25) is 0 Å². The zero-order chi connectivity index (χ0) is 18.5. The first kappa shape index (κ1) is 18.3. The Morgan fingerprint density at radius 1 is 0.923 bits per heavy atom. The van der Waals surface area contributed by atoms with Gasteiger partial charge in [0.1, 0.15) is 11.5 Å². The lowest BCUT2D eigenvalue weighted by atomic mass is 9.87. The number of hydrogen-bond acceptors (Lipinski definition) is 4. The van der Waals surface area contributed by atoms with E-state index in [1.54, 1.807) is 0 Å². The van der Waals surface area contributed by atoms with E-state index in [0.717, 1.165) is 11.5 Å². The number of hydrogen-bond donors (Lipinski definition) is 2. The summed E-state index contributed by atoms with van der Waals surface area (Å²) in [6.07, 6.45) is 1.86. The van der Waals surface area contributed by atoms with Gasteiger partial charge < -0.3 is 20.3 Å². The topological polar surface area (TPSA) is 81.8 Å². The van der Waals surface area contributed by atoms with Gasteiger partial charge in [-0.3, -0.25) is 4.79 Å². The molecular formula is C21H25NO4. The Labute approximate surface area is 153 Å². The number of aliphatic carboxylic acids is 1. The number of carboxylic acids is 1. The van der Waals surface area contributed by atoms with Crippen LogP contribution in [-0.2, 0) is 4.79 Å². The van der Waals surface area contributed by atoms with Gasteiger partial charge in [-0.05, 0) is 48.9 Å². The molecule has 0 bridgehead atoms. The highest BCUT2D eigenvalue weighted by Crippen LogP contribution is 2.67. The summed E-state index contributed by atoms with van der Waals surface area (Å²) in [6.45, 7) is 1.06. The molecule has 0 amide bonds. The summed E-state index contributed by atoms with van der Waals surface area (Å²) >= 11 is 0. The molecule has 1 atom stereocenters. The Morgan fingerprint density at radius 3 is 1.73 bits per heavy atom. The summed E-state index contributed by atoms with van der Waals surface area (Å²) in [5.74, 6) is 0.759. The molecule has 0 saturated heterocycles. The van der Waals surface area contributed by atoms with E-state index in [0.29, 0.717) is 32.5 Å². The van der Waals surface area contributed by atoms with Gasteiger partial charge in [-0.25, -0.2) is 0 Å². The number of rotatable bonds is 10. The zero-order valence-corrected chi connectivity index (χ0v) is 14.8. The van der Waals surface area contributed by atoms with E-state index in [9.17, 15) is 9.90 Å². The van der Waals surface area contributed by atoms with Gasteiger partial charge in [0.15, 0.2) is 0 Å². The Balaban J connectivity index is 1.61. The molecule has 0 aliphatic heterocycles. The van der Waals surface area contributed by atoms with Crippen LogP contribution in [0.3, 0.4) is 0 Å². The molecule has 5 nitrogen and oxygen atoms in total. The summed E-state index contributed by atoms with van der Waals surface area (Å²) in [4.78, 5) is 11.8. The molecule has 1 aliphatic carbocycles. The van der Waals surface area contributed by atoms with Crippen LogP contribution in [0.15, 0.2) is 60.7 Å². The molecule has 1 aliphatic rings. The smallest absolute Gasteiger partial charge is 0.311 e. The first-order valence-electron chi connectivity index (χ1n) is 8.91. The van der Waals surface area contributed by atoms with E-state index in [4.69, 9.17) is 15.2 Å². The molecule has 1 fully saturated rings. The Bertz CT molecular complexity index is 674. The highest BCUT2D eigenvalue weighted by atomic mass is 16.5. The summed E-state index contributed by atoms with van der Waals surface area (Å²) in [5, 5.41) is 9.71. The summed E-state index contributed by atoms with van der Waals surface area (Å²) < 4.78 is 11.6. The maximum atomic E-state index is 11.8. The minimum Gasteiger partial charge on any atom is -0.494 e. The summed E-state index contributed by atoms with van der Waals surface area (Å²) in [7, 11) is 0. The molecule has 138 valence electrons. The van der Waals surface area contributed by atoms with Crippen molar-refractivity contribution in [3.8, 4) is 11.5 Å². The third-order valence-electron chi connectivity index (χ3n) is 5.47. The monoisotopic (exact) mass is 355 g/mol. The van der Waals surface area contributed by atoms with Crippen LogP contribution in [0.5, 0.6) is 11.5 Å². The van der Waals surface area contributed by atoms with Crippen molar-refractivity contribution < 1.29 is 19.4 Å². The number of carbonyl (C=O) groups is 1. The molecule has 1 unspecified atom stereocenters. The van der Waals surface area contributed by atoms with Crippen molar-refractivity contribution >= 4 is 5.97 Å². The average Bonchev–Trinajstić information content (AvgIpc) is 3.33. The molecule has 3 N–H and O–H groups in total. The van der Waals surface area contributed by atoms with Crippen LogP contribution < -0.4 is 15.2 Å². The van der Waals surface area contributed by atoms with Gasteiger partial charge in [-0.15, -0.1) is 0 Å². The van der Waals surface area contributed by atoms with Crippen LogP contribution in [0.2, 0.25) is 0 Å². The summed E-state index contributed by atoms with van der Waals surface area (Å²) in [6, 6.07) is 19.1. The maximum absolute atomic E-state index is 11.8. The van der Waals surface area contributed by atoms with E-state index in [1.165, 1.54) is 0 Å². The largest absolute Gasteiger partial charge is 0.494 e. The fraction of sp³-hybridized carbons (Fsp3) is 0.381. The molecular weight excluding hydrogens is 330 g/mol. The minimum atomic E-state index is -0.868. The third-order valence-corrected chi connectivity index (χ3v) is 5.47. The van der Waals surface area contributed by atoms with Crippen molar-refractivity contribution in [2.24, 2.45) is 16.6 Å². The second-order valence-corrected chi connectivity index (χ2v) is 6.87. The van der Waals surface area contributed by atoms with Crippen molar-refractivity contribution in [1.29, 1.82) is 0 Å². The Hall–Kier alpha value is -2.53. The highest BCUT2D eigenvalue weighted by Gasteiger charge is 2.70. The van der Waals surface area contributed by atoms with Crippen LogP contribution >= 0.6 is 0 Å². The summed E-state index contributed by atoms with van der Waals surface area (Å²) in [5.41, 5.74) is 4.60. The van der Waals surface area contributed by atoms with Crippen molar-refractivity contribution in [3.05, 3.63) is 60.7 Å². The molecule has 26 heavy (non-hydrogen) atoms. The van der Waals surface area contributed by atoms with Crippen molar-refractivity contribution in [3.63, 3.8) is 0 Å². The van der Waals surface area contributed by atoms with E-state index in [-0.39, 0.29) is 12.0 Å². The second kappa shape index (κ2) is 7.79. The molecule has 3 rings (SSSR count). The van der Waals surface area contributed by atoms with E-state index < -0.39 is 11.4 Å².